The fraction of sp³-hybridized carbons (Fsp3) is 0.211. The third-order valence-electron chi connectivity index (χ3n) is 3.60. The maximum Gasteiger partial charge on any atom is 0.330 e. The Labute approximate surface area is 147 Å². The molecule has 0 atom stereocenters. The Morgan fingerprint density at radius 3 is 2.52 bits per heavy atom. The Hall–Kier alpha value is -3.15. The summed E-state index contributed by atoms with van der Waals surface area (Å²) < 4.78 is 15.6. The molecule has 6 heteroatoms. The minimum Gasteiger partial charge on any atom is -0.493 e. The van der Waals surface area contributed by atoms with E-state index < -0.39 is 5.97 Å². The van der Waals surface area contributed by atoms with Crippen molar-refractivity contribution in [3.8, 4) is 11.5 Å². The van der Waals surface area contributed by atoms with Gasteiger partial charge >= 0.3 is 5.97 Å². The van der Waals surface area contributed by atoms with Crippen LogP contribution in [0.1, 0.15) is 11.1 Å². The van der Waals surface area contributed by atoms with Crippen molar-refractivity contribution in [2.75, 3.05) is 32.3 Å². The van der Waals surface area contributed by atoms with Gasteiger partial charge in [-0.1, -0.05) is 6.07 Å². The summed E-state index contributed by atoms with van der Waals surface area (Å²) in [6.07, 6.45) is 3.52. The molecule has 0 aliphatic carbocycles. The summed E-state index contributed by atoms with van der Waals surface area (Å²) in [6, 6.07) is 10.6. The summed E-state index contributed by atoms with van der Waals surface area (Å²) >= 11 is 0. The molecule has 0 bridgehead atoms. The van der Waals surface area contributed by atoms with Gasteiger partial charge in [-0.05, 0) is 47.5 Å². The van der Waals surface area contributed by atoms with Crippen molar-refractivity contribution in [3.63, 3.8) is 0 Å². The van der Waals surface area contributed by atoms with E-state index >= 15 is 0 Å². The minimum absolute atomic E-state index is 0.225. The lowest BCUT2D eigenvalue weighted by molar-refractivity contribution is -0.137. The van der Waals surface area contributed by atoms with Crippen LogP contribution in [0.25, 0.3) is 6.08 Å². The molecule has 0 saturated carbocycles. The maximum atomic E-state index is 11.8. The average molecular weight is 342 g/mol. The van der Waals surface area contributed by atoms with Crippen LogP contribution in [0, 0.1) is 0 Å². The zero-order chi connectivity index (χ0) is 18.2. The van der Waals surface area contributed by atoms with Gasteiger partial charge in [0.1, 0.15) is 0 Å². The van der Waals surface area contributed by atoms with Crippen molar-refractivity contribution in [2.45, 2.75) is 6.42 Å². The number of hydrogen-bond acceptors (Lipinski definition) is 6. The lowest BCUT2D eigenvalue weighted by Crippen LogP contribution is -2.06. The molecule has 2 aromatic carbocycles. The minimum atomic E-state index is -0.433. The molecular weight excluding hydrogens is 320 g/mol. The van der Waals surface area contributed by atoms with Gasteiger partial charge in [0, 0.05) is 23.9 Å². The summed E-state index contributed by atoms with van der Waals surface area (Å²) in [6.45, 7) is 0.225. The first-order valence-corrected chi connectivity index (χ1v) is 7.74. The Balaban J connectivity index is 1.89. The van der Waals surface area contributed by atoms with Crippen molar-refractivity contribution < 1.29 is 19.0 Å². The van der Waals surface area contributed by atoms with Gasteiger partial charge in [0.15, 0.2) is 11.5 Å². The first kappa shape index (κ1) is 18.2. The SMILES string of the molecule is COc1ccc(/C=C/C(=O)OCCc2cc(N)ccc2N)cc1OC. The highest BCUT2D eigenvalue weighted by Crippen LogP contribution is 2.27. The number of nitrogen functional groups attached to an aromatic ring is 2. The van der Waals surface area contributed by atoms with Gasteiger partial charge in [0.05, 0.1) is 20.8 Å². The summed E-state index contributed by atoms with van der Waals surface area (Å²) in [5, 5.41) is 0. The van der Waals surface area contributed by atoms with Crippen molar-refractivity contribution in [1.82, 2.24) is 0 Å². The number of nitrogens with two attached hydrogens (primary N) is 2. The molecule has 2 aromatic rings. The molecule has 0 heterocycles. The van der Waals surface area contributed by atoms with Crippen LogP contribution in [0.2, 0.25) is 0 Å². The number of carbonyl (C=O) groups excluding carboxylic acids is 1. The molecule has 0 radical (unpaired) electrons. The number of methoxy groups -OCH3 is 2. The molecule has 0 amide bonds. The highest BCUT2D eigenvalue weighted by molar-refractivity contribution is 5.87. The second-order valence-electron chi connectivity index (χ2n) is 5.32. The second kappa shape index (κ2) is 8.63. The summed E-state index contributed by atoms with van der Waals surface area (Å²) in [7, 11) is 3.12. The molecule has 0 aromatic heterocycles. The first-order valence-electron chi connectivity index (χ1n) is 7.74. The first-order chi connectivity index (χ1) is 12.0. The van der Waals surface area contributed by atoms with Gasteiger partial charge < -0.3 is 25.7 Å². The van der Waals surface area contributed by atoms with E-state index in [1.165, 1.54) is 6.08 Å². The number of carbonyl (C=O) groups is 1. The quantitative estimate of drug-likeness (QED) is 0.456. The highest BCUT2D eigenvalue weighted by atomic mass is 16.5. The van der Waals surface area contributed by atoms with Crippen LogP contribution >= 0.6 is 0 Å². The van der Waals surface area contributed by atoms with Crippen molar-refractivity contribution in [1.29, 1.82) is 0 Å². The zero-order valence-electron chi connectivity index (χ0n) is 14.3. The third-order valence-corrected chi connectivity index (χ3v) is 3.60. The number of anilines is 2. The van der Waals surface area contributed by atoms with E-state index in [2.05, 4.69) is 0 Å². The van der Waals surface area contributed by atoms with Gasteiger partial charge in [-0.3, -0.25) is 0 Å². The number of esters is 1. The van der Waals surface area contributed by atoms with E-state index in [1.807, 2.05) is 6.07 Å². The van der Waals surface area contributed by atoms with Crippen LogP contribution in [-0.4, -0.2) is 26.8 Å². The van der Waals surface area contributed by atoms with Crippen LogP contribution in [0.3, 0.4) is 0 Å². The van der Waals surface area contributed by atoms with Crippen molar-refractivity contribution in [3.05, 3.63) is 53.6 Å². The Kier molecular flexibility index (Phi) is 6.28. The molecule has 6 nitrogen and oxygen atoms in total. The summed E-state index contributed by atoms with van der Waals surface area (Å²) in [5.41, 5.74) is 14.5. The molecule has 0 aliphatic heterocycles. The molecule has 0 aliphatic rings. The number of benzene rings is 2. The lowest BCUT2D eigenvalue weighted by atomic mass is 10.1. The van der Waals surface area contributed by atoms with Gasteiger partial charge in [-0.25, -0.2) is 4.79 Å². The van der Waals surface area contributed by atoms with Crippen LogP contribution < -0.4 is 20.9 Å². The molecule has 0 saturated heterocycles. The number of ether oxygens (including phenoxy) is 3. The number of rotatable bonds is 7. The fourth-order valence-corrected chi connectivity index (χ4v) is 2.27. The highest BCUT2D eigenvalue weighted by Gasteiger charge is 2.05. The largest absolute Gasteiger partial charge is 0.493 e. The molecule has 0 unspecified atom stereocenters. The van der Waals surface area contributed by atoms with E-state index in [4.69, 9.17) is 25.7 Å². The second-order valence-corrected chi connectivity index (χ2v) is 5.32. The summed E-state index contributed by atoms with van der Waals surface area (Å²) in [5.74, 6) is 0.786. The van der Waals surface area contributed by atoms with Crippen LogP contribution in [0.5, 0.6) is 11.5 Å². The van der Waals surface area contributed by atoms with Crippen LogP contribution in [0.4, 0.5) is 11.4 Å². The standard InChI is InChI=1S/C19H22N2O4/c1-23-17-7-3-13(11-18(17)24-2)4-8-19(22)25-10-9-14-12-15(20)5-6-16(14)21/h3-8,11-12H,9-10,20-21H2,1-2H3/b8-4+. The molecule has 25 heavy (non-hydrogen) atoms. The predicted molar refractivity (Wildman–Crippen MR) is 98.5 cm³/mol. The summed E-state index contributed by atoms with van der Waals surface area (Å²) in [4.78, 5) is 11.8. The van der Waals surface area contributed by atoms with Crippen molar-refractivity contribution >= 4 is 23.4 Å². The van der Waals surface area contributed by atoms with E-state index in [-0.39, 0.29) is 6.61 Å². The van der Waals surface area contributed by atoms with E-state index in [0.29, 0.717) is 29.3 Å². The normalized spacial score (nSPS) is 10.6. The van der Waals surface area contributed by atoms with Gasteiger partial charge in [0.25, 0.3) is 0 Å². The topological polar surface area (TPSA) is 96.8 Å². The molecule has 132 valence electrons. The monoisotopic (exact) mass is 342 g/mol. The van der Waals surface area contributed by atoms with Crippen LogP contribution in [0.15, 0.2) is 42.5 Å². The van der Waals surface area contributed by atoms with E-state index in [1.54, 1.807) is 50.6 Å². The van der Waals surface area contributed by atoms with Gasteiger partial charge in [-0.2, -0.15) is 0 Å². The third kappa shape index (κ3) is 5.17. The van der Waals surface area contributed by atoms with E-state index in [0.717, 1.165) is 11.1 Å². The molecule has 2 rings (SSSR count). The molecular formula is C19H22N2O4. The predicted octanol–water partition coefficient (Wildman–Crippen LogP) is 2.67. The van der Waals surface area contributed by atoms with Crippen LogP contribution in [-0.2, 0) is 16.0 Å². The smallest absolute Gasteiger partial charge is 0.330 e. The maximum absolute atomic E-state index is 11.8. The Morgan fingerprint density at radius 1 is 1.04 bits per heavy atom. The Morgan fingerprint density at radius 2 is 1.80 bits per heavy atom. The molecule has 0 fully saturated rings. The fourth-order valence-electron chi connectivity index (χ4n) is 2.27. The van der Waals surface area contributed by atoms with Gasteiger partial charge in [-0.15, -0.1) is 0 Å². The number of hydrogen-bond donors (Lipinski definition) is 2. The lowest BCUT2D eigenvalue weighted by Gasteiger charge is -2.08. The zero-order valence-corrected chi connectivity index (χ0v) is 14.3. The van der Waals surface area contributed by atoms with Gasteiger partial charge in [0.2, 0.25) is 0 Å². The van der Waals surface area contributed by atoms with E-state index in [9.17, 15) is 4.79 Å². The van der Waals surface area contributed by atoms with Crippen molar-refractivity contribution in [2.24, 2.45) is 0 Å². The molecule has 4 N–H and O–H groups in total. The molecule has 0 spiro atoms. The average Bonchev–Trinajstić information content (AvgIpc) is 2.62. The Bertz CT molecular complexity index is 772.